The van der Waals surface area contributed by atoms with Crippen LogP contribution in [0.2, 0.25) is 0 Å². The van der Waals surface area contributed by atoms with Crippen LogP contribution in [0.1, 0.15) is 84.5 Å². The Kier molecular flexibility index (Phi) is 13.0. The summed E-state index contributed by atoms with van der Waals surface area (Å²) in [5.41, 5.74) is 0. The predicted molar refractivity (Wildman–Crippen MR) is 110 cm³/mol. The van der Waals surface area contributed by atoms with Gasteiger partial charge < -0.3 is 14.6 Å². The Hall–Kier alpha value is -0.650. The van der Waals surface area contributed by atoms with Gasteiger partial charge in [-0.3, -0.25) is 4.18 Å². The van der Waals surface area contributed by atoms with Gasteiger partial charge in [0.25, 0.3) is 10.1 Å². The average Bonchev–Trinajstić information content (AvgIpc) is 2.63. The molecule has 164 valence electrons. The maximum atomic E-state index is 11.4. The lowest BCUT2D eigenvalue weighted by Gasteiger charge is -2.36. The van der Waals surface area contributed by atoms with Crippen LogP contribution in [-0.2, 0) is 23.8 Å². The molecule has 0 amide bonds. The fourth-order valence-electron chi connectivity index (χ4n) is 3.22. The number of ether oxygens (including phenoxy) is 2. The Bertz CT molecular complexity index is 565. The lowest BCUT2D eigenvalue weighted by atomic mass is 10.0. The van der Waals surface area contributed by atoms with Crippen LogP contribution in [0.4, 0.5) is 0 Å². The molecule has 1 saturated heterocycles. The van der Waals surface area contributed by atoms with Crippen molar-refractivity contribution < 1.29 is 27.2 Å². The first kappa shape index (κ1) is 25.4. The topological polar surface area (TPSA) is 82.1 Å². The summed E-state index contributed by atoms with van der Waals surface area (Å²) in [4.78, 5) is 0. The van der Waals surface area contributed by atoms with E-state index in [0.717, 1.165) is 19.1 Å². The van der Waals surface area contributed by atoms with Crippen molar-refractivity contribution in [3.63, 3.8) is 0 Å². The van der Waals surface area contributed by atoms with E-state index in [4.69, 9.17) is 13.7 Å². The Morgan fingerprint density at radius 2 is 1.68 bits per heavy atom. The molecule has 0 aromatic carbocycles. The molecule has 7 heteroatoms. The molecule has 0 bridgehead atoms. The Labute approximate surface area is 171 Å². The lowest BCUT2D eigenvalue weighted by Crippen LogP contribution is -2.50. The van der Waals surface area contributed by atoms with Gasteiger partial charge in [-0.25, -0.2) is 0 Å². The number of rotatable bonds is 13. The molecule has 0 saturated carbocycles. The maximum Gasteiger partial charge on any atom is 0.264 e. The highest BCUT2D eigenvalue weighted by Crippen LogP contribution is 2.21. The Morgan fingerprint density at radius 1 is 1.07 bits per heavy atom. The molecular formula is C21H38O6S. The third kappa shape index (κ3) is 12.0. The zero-order chi connectivity index (χ0) is 20.8. The number of hydrogen-bond donors (Lipinski definition) is 1. The first-order valence-corrected chi connectivity index (χ1v) is 12.4. The second kappa shape index (κ2) is 14.4. The van der Waals surface area contributed by atoms with Gasteiger partial charge in [0.15, 0.2) is 6.29 Å². The minimum absolute atomic E-state index is 0.0574. The van der Waals surface area contributed by atoms with Gasteiger partial charge in [-0.15, -0.1) is 11.8 Å². The highest BCUT2D eigenvalue weighted by molar-refractivity contribution is 7.86. The second-order valence-corrected chi connectivity index (χ2v) is 9.14. The van der Waals surface area contributed by atoms with Gasteiger partial charge in [-0.1, -0.05) is 58.3 Å². The number of hydrogen-bond acceptors (Lipinski definition) is 6. The van der Waals surface area contributed by atoms with Crippen molar-refractivity contribution in [1.29, 1.82) is 0 Å². The molecular weight excluding hydrogens is 380 g/mol. The molecule has 0 aliphatic carbocycles. The minimum Gasteiger partial charge on any atom is -0.389 e. The van der Waals surface area contributed by atoms with Gasteiger partial charge in [-0.05, 0) is 13.3 Å². The van der Waals surface area contributed by atoms with Gasteiger partial charge in [0.05, 0.1) is 19.0 Å². The van der Waals surface area contributed by atoms with Crippen molar-refractivity contribution in [2.24, 2.45) is 0 Å². The molecule has 1 aliphatic rings. The van der Waals surface area contributed by atoms with Gasteiger partial charge >= 0.3 is 0 Å². The van der Waals surface area contributed by atoms with Crippen molar-refractivity contribution in [1.82, 2.24) is 0 Å². The van der Waals surface area contributed by atoms with E-state index in [-0.39, 0.29) is 13.0 Å². The van der Waals surface area contributed by atoms with E-state index in [0.29, 0.717) is 0 Å². The zero-order valence-corrected chi connectivity index (χ0v) is 18.5. The highest BCUT2D eigenvalue weighted by atomic mass is 32.2. The van der Waals surface area contributed by atoms with E-state index in [1.807, 2.05) is 0 Å². The monoisotopic (exact) mass is 418 g/mol. The van der Waals surface area contributed by atoms with Crippen LogP contribution in [0.15, 0.2) is 0 Å². The summed E-state index contributed by atoms with van der Waals surface area (Å²) in [5.74, 6) is 6.07. The summed E-state index contributed by atoms with van der Waals surface area (Å²) < 4.78 is 38.6. The van der Waals surface area contributed by atoms with Crippen LogP contribution in [0, 0.1) is 11.8 Å². The van der Waals surface area contributed by atoms with Crippen LogP contribution >= 0.6 is 0 Å². The standard InChI is InChI=1S/C21H38O6S/c1-4-5-6-7-8-9-10-11-12-13-14-15-16-19(22)21-20(27-28(3,23)24)17-25-18(2)26-21/h18-22H,4-13,16-17H2,1-3H3/t18-,19+,20+,21+/m0/s1. The second-order valence-electron chi connectivity index (χ2n) is 7.54. The van der Waals surface area contributed by atoms with Gasteiger partial charge in [0.1, 0.15) is 12.2 Å². The van der Waals surface area contributed by atoms with E-state index < -0.39 is 34.7 Å². The first-order chi connectivity index (χ1) is 13.3. The minimum atomic E-state index is -3.66. The summed E-state index contributed by atoms with van der Waals surface area (Å²) in [5, 5.41) is 10.4. The molecule has 1 rings (SSSR count). The van der Waals surface area contributed by atoms with Gasteiger partial charge in [0, 0.05) is 12.8 Å². The molecule has 1 fully saturated rings. The average molecular weight is 419 g/mol. The van der Waals surface area contributed by atoms with Crippen molar-refractivity contribution >= 4 is 10.1 Å². The van der Waals surface area contributed by atoms with Gasteiger partial charge in [0.2, 0.25) is 0 Å². The van der Waals surface area contributed by atoms with Crippen LogP contribution in [-0.4, -0.2) is 51.0 Å². The van der Waals surface area contributed by atoms with E-state index in [9.17, 15) is 13.5 Å². The summed E-state index contributed by atoms with van der Waals surface area (Å²) in [6.45, 7) is 3.99. The smallest absolute Gasteiger partial charge is 0.264 e. The normalized spacial score (nSPS) is 23.8. The Morgan fingerprint density at radius 3 is 2.29 bits per heavy atom. The zero-order valence-electron chi connectivity index (χ0n) is 17.7. The fraction of sp³-hybridized carbons (Fsp3) is 0.905. The summed E-state index contributed by atoms with van der Waals surface area (Å²) in [7, 11) is -3.66. The summed E-state index contributed by atoms with van der Waals surface area (Å²) in [6.07, 6.45) is 10.4. The molecule has 0 aromatic rings. The molecule has 1 heterocycles. The molecule has 6 nitrogen and oxygen atoms in total. The van der Waals surface area contributed by atoms with Crippen LogP contribution in [0.25, 0.3) is 0 Å². The van der Waals surface area contributed by atoms with Crippen molar-refractivity contribution in [2.75, 3.05) is 12.9 Å². The summed E-state index contributed by atoms with van der Waals surface area (Å²) in [6, 6.07) is 0. The SMILES string of the molecule is CCCCCCCCCCCC#CC[C@@H](O)[C@H]1O[C@@H](C)OC[C@H]1OS(C)(=O)=O. The molecule has 0 unspecified atom stereocenters. The van der Waals surface area contributed by atoms with E-state index in [1.54, 1.807) is 6.92 Å². The van der Waals surface area contributed by atoms with E-state index in [1.165, 1.54) is 51.4 Å². The molecule has 0 radical (unpaired) electrons. The molecule has 1 aliphatic heterocycles. The van der Waals surface area contributed by atoms with Crippen LogP contribution in [0.5, 0.6) is 0 Å². The number of aliphatic hydroxyl groups excluding tert-OH is 1. The quantitative estimate of drug-likeness (QED) is 0.279. The predicted octanol–water partition coefficient (Wildman–Crippen LogP) is 3.77. The lowest BCUT2D eigenvalue weighted by molar-refractivity contribution is -0.257. The third-order valence-corrected chi connectivity index (χ3v) is 5.33. The van der Waals surface area contributed by atoms with Crippen molar-refractivity contribution in [2.45, 2.75) is 109 Å². The summed E-state index contributed by atoms with van der Waals surface area (Å²) >= 11 is 0. The van der Waals surface area contributed by atoms with Crippen molar-refractivity contribution in [3.05, 3.63) is 0 Å². The molecule has 0 aromatic heterocycles. The van der Waals surface area contributed by atoms with Gasteiger partial charge in [-0.2, -0.15) is 8.42 Å². The highest BCUT2D eigenvalue weighted by Gasteiger charge is 2.37. The van der Waals surface area contributed by atoms with Crippen molar-refractivity contribution in [3.8, 4) is 11.8 Å². The number of aliphatic hydroxyl groups is 1. The van der Waals surface area contributed by atoms with E-state index >= 15 is 0 Å². The fourth-order valence-corrected chi connectivity index (χ4v) is 3.84. The maximum absolute atomic E-state index is 11.4. The molecule has 0 spiro atoms. The van der Waals surface area contributed by atoms with Crippen LogP contribution < -0.4 is 0 Å². The van der Waals surface area contributed by atoms with Crippen LogP contribution in [0.3, 0.4) is 0 Å². The largest absolute Gasteiger partial charge is 0.389 e. The van der Waals surface area contributed by atoms with E-state index in [2.05, 4.69) is 18.8 Å². The molecule has 4 atom stereocenters. The number of unbranched alkanes of at least 4 members (excludes halogenated alkanes) is 9. The molecule has 28 heavy (non-hydrogen) atoms. The Balaban J connectivity index is 2.22. The first-order valence-electron chi connectivity index (χ1n) is 10.6. The third-order valence-electron chi connectivity index (χ3n) is 4.73. The molecule has 1 N–H and O–H groups in total.